The average Bonchev–Trinajstić information content (AvgIpc) is 3.63. The van der Waals surface area contributed by atoms with Gasteiger partial charge in [-0.3, -0.25) is 19.4 Å². The van der Waals surface area contributed by atoms with Crippen LogP contribution in [0.3, 0.4) is 0 Å². The fourth-order valence-corrected chi connectivity index (χ4v) is 4.13. The highest BCUT2D eigenvalue weighted by molar-refractivity contribution is 5.99. The summed E-state index contributed by atoms with van der Waals surface area (Å²) in [7, 11) is 3.82. The van der Waals surface area contributed by atoms with E-state index in [0.29, 0.717) is 40.8 Å². The molecule has 1 amide bonds. The van der Waals surface area contributed by atoms with E-state index in [9.17, 15) is 9.59 Å². The van der Waals surface area contributed by atoms with Crippen molar-refractivity contribution in [2.75, 3.05) is 24.4 Å². The van der Waals surface area contributed by atoms with Crippen LogP contribution in [-0.2, 0) is 11.3 Å². The molecule has 1 aliphatic rings. The molecule has 3 aromatic heterocycles. The number of amides is 1. The Bertz CT molecular complexity index is 1450. The van der Waals surface area contributed by atoms with Crippen molar-refractivity contribution in [1.82, 2.24) is 29.1 Å². The van der Waals surface area contributed by atoms with Crippen molar-refractivity contribution in [3.05, 3.63) is 78.3 Å². The molecule has 3 heterocycles. The number of nitrogens with one attached hydrogen (secondary N) is 1. The van der Waals surface area contributed by atoms with Gasteiger partial charge in [0.2, 0.25) is 5.91 Å². The maximum absolute atomic E-state index is 13.8. The Morgan fingerprint density at radius 2 is 2.06 bits per heavy atom. The molecule has 0 radical (unpaired) electrons. The molecule has 10 nitrogen and oxygen atoms in total. The Balaban J connectivity index is 1.74. The summed E-state index contributed by atoms with van der Waals surface area (Å²) in [5.74, 6) is 0.707. The van der Waals surface area contributed by atoms with Crippen molar-refractivity contribution >= 4 is 34.3 Å². The van der Waals surface area contributed by atoms with Gasteiger partial charge in [0.25, 0.3) is 0 Å². The van der Waals surface area contributed by atoms with E-state index in [1.165, 1.54) is 12.4 Å². The van der Waals surface area contributed by atoms with Crippen molar-refractivity contribution < 1.29 is 4.79 Å². The lowest BCUT2D eigenvalue weighted by atomic mass is 10.2. The van der Waals surface area contributed by atoms with Crippen molar-refractivity contribution in [2.45, 2.75) is 19.4 Å². The second-order valence-corrected chi connectivity index (χ2v) is 8.66. The van der Waals surface area contributed by atoms with Gasteiger partial charge in [0.1, 0.15) is 11.8 Å². The molecule has 5 rings (SSSR count). The number of nitrogens with zero attached hydrogens (tertiary/aromatic N) is 7. The first kappa shape index (κ1) is 22.5. The zero-order chi connectivity index (χ0) is 24.5. The Morgan fingerprint density at radius 1 is 1.23 bits per heavy atom. The van der Waals surface area contributed by atoms with Gasteiger partial charge in [-0.25, -0.2) is 24.3 Å². The van der Waals surface area contributed by atoms with Gasteiger partial charge >= 0.3 is 5.69 Å². The quantitative estimate of drug-likeness (QED) is 0.312. The monoisotopic (exact) mass is 470 g/mol. The zero-order valence-corrected chi connectivity index (χ0v) is 19.6. The van der Waals surface area contributed by atoms with Crippen LogP contribution in [0.5, 0.6) is 0 Å². The average molecular weight is 471 g/mol. The van der Waals surface area contributed by atoms with Crippen LogP contribution in [0.1, 0.15) is 12.8 Å². The maximum atomic E-state index is 13.8. The molecular formula is C25H26N8O2. The SMILES string of the molecule is C=CC(=O)Nc1cccc(-n2c(=O)n(CC3CC3)c3c(N(c4cccnc4)N(C)C)ncnc32)c1. The van der Waals surface area contributed by atoms with Crippen LogP contribution in [-0.4, -0.2) is 49.1 Å². The van der Waals surface area contributed by atoms with Gasteiger partial charge in [0.05, 0.1) is 17.6 Å². The van der Waals surface area contributed by atoms with Gasteiger partial charge in [-0.2, -0.15) is 0 Å². The maximum Gasteiger partial charge on any atom is 0.335 e. The number of pyridine rings is 1. The van der Waals surface area contributed by atoms with Gasteiger partial charge in [-0.1, -0.05) is 12.6 Å². The Labute approximate surface area is 202 Å². The molecule has 1 fully saturated rings. The van der Waals surface area contributed by atoms with Crippen LogP contribution in [0.2, 0.25) is 0 Å². The number of hydrogen-bond acceptors (Lipinski definition) is 7. The second-order valence-electron chi connectivity index (χ2n) is 8.66. The minimum Gasteiger partial charge on any atom is -0.322 e. The third kappa shape index (κ3) is 4.31. The molecule has 0 saturated heterocycles. The molecule has 10 heteroatoms. The summed E-state index contributed by atoms with van der Waals surface area (Å²) >= 11 is 0. The summed E-state index contributed by atoms with van der Waals surface area (Å²) in [6.07, 6.45) is 8.31. The fraction of sp³-hybridized carbons (Fsp3) is 0.240. The minimum absolute atomic E-state index is 0.203. The molecule has 0 aliphatic heterocycles. The number of anilines is 3. The first-order valence-electron chi connectivity index (χ1n) is 11.4. The van der Waals surface area contributed by atoms with E-state index in [1.807, 2.05) is 42.3 Å². The number of hydrazine groups is 1. The minimum atomic E-state index is -0.326. The molecule has 1 saturated carbocycles. The molecule has 178 valence electrons. The molecule has 35 heavy (non-hydrogen) atoms. The van der Waals surface area contributed by atoms with Gasteiger partial charge in [0, 0.05) is 32.5 Å². The van der Waals surface area contributed by atoms with Crippen molar-refractivity contribution in [3.8, 4) is 5.69 Å². The van der Waals surface area contributed by atoms with Crippen LogP contribution in [0, 0.1) is 5.92 Å². The van der Waals surface area contributed by atoms with Crippen LogP contribution < -0.4 is 16.0 Å². The number of rotatable bonds is 8. The predicted octanol–water partition coefficient (Wildman–Crippen LogP) is 3.13. The number of imidazole rings is 1. The van der Waals surface area contributed by atoms with Crippen LogP contribution in [0.4, 0.5) is 17.2 Å². The highest BCUT2D eigenvalue weighted by Crippen LogP contribution is 2.35. The van der Waals surface area contributed by atoms with Crippen molar-refractivity contribution in [1.29, 1.82) is 0 Å². The standard InChI is InChI=1S/C25H26N8O2/c1-4-21(34)29-18-7-5-8-19(13-18)32-23-22(31(25(32)35)15-17-10-11-17)24(28-16-27-23)33(30(2)3)20-9-6-12-26-14-20/h4-9,12-14,16-17H,1,10-11,15H2,2-3H3,(H,29,34). The zero-order valence-electron chi connectivity index (χ0n) is 19.6. The molecule has 1 aliphatic carbocycles. The van der Waals surface area contributed by atoms with Gasteiger partial charge in [-0.05, 0) is 55.2 Å². The highest BCUT2D eigenvalue weighted by atomic mass is 16.2. The lowest BCUT2D eigenvalue weighted by Gasteiger charge is -2.30. The highest BCUT2D eigenvalue weighted by Gasteiger charge is 2.29. The lowest BCUT2D eigenvalue weighted by Crippen LogP contribution is -2.34. The summed E-state index contributed by atoms with van der Waals surface area (Å²) in [6.45, 7) is 4.08. The van der Waals surface area contributed by atoms with E-state index in [2.05, 4.69) is 26.8 Å². The Hall–Kier alpha value is -4.31. The van der Waals surface area contributed by atoms with E-state index in [0.717, 1.165) is 18.5 Å². The van der Waals surface area contributed by atoms with Gasteiger partial charge < -0.3 is 5.32 Å². The Kier molecular flexibility index (Phi) is 5.87. The fourth-order valence-electron chi connectivity index (χ4n) is 4.13. The molecule has 0 spiro atoms. The Morgan fingerprint density at radius 3 is 2.74 bits per heavy atom. The van der Waals surface area contributed by atoms with Crippen LogP contribution >= 0.6 is 0 Å². The molecule has 4 aromatic rings. The van der Waals surface area contributed by atoms with E-state index >= 15 is 0 Å². The number of fused-ring (bicyclic) bond motifs is 1. The lowest BCUT2D eigenvalue weighted by molar-refractivity contribution is -0.111. The molecule has 0 unspecified atom stereocenters. The van der Waals surface area contributed by atoms with Crippen molar-refractivity contribution in [2.24, 2.45) is 5.92 Å². The molecule has 1 N–H and O–H groups in total. The predicted molar refractivity (Wildman–Crippen MR) is 135 cm³/mol. The molecule has 0 bridgehead atoms. The first-order chi connectivity index (χ1) is 17.0. The third-order valence-electron chi connectivity index (χ3n) is 5.87. The summed E-state index contributed by atoms with van der Waals surface area (Å²) < 4.78 is 3.34. The molecule has 0 atom stereocenters. The molecule has 1 aromatic carbocycles. The first-order valence-corrected chi connectivity index (χ1v) is 11.4. The van der Waals surface area contributed by atoms with Crippen molar-refractivity contribution in [3.63, 3.8) is 0 Å². The smallest absolute Gasteiger partial charge is 0.322 e. The summed E-state index contributed by atoms with van der Waals surface area (Å²) in [5, 5.41) is 6.55. The van der Waals surface area contributed by atoms with Crippen LogP contribution in [0.15, 0.2) is 72.6 Å². The largest absolute Gasteiger partial charge is 0.335 e. The normalized spacial score (nSPS) is 13.2. The topological polar surface area (TPSA) is 101 Å². The summed E-state index contributed by atoms with van der Waals surface area (Å²) in [5.41, 5.74) is 2.89. The van der Waals surface area contributed by atoms with E-state index in [4.69, 9.17) is 0 Å². The van der Waals surface area contributed by atoms with E-state index in [-0.39, 0.29) is 11.6 Å². The third-order valence-corrected chi connectivity index (χ3v) is 5.87. The number of carbonyl (C=O) groups is 1. The van der Waals surface area contributed by atoms with Crippen LogP contribution in [0.25, 0.3) is 16.9 Å². The second kappa shape index (κ2) is 9.15. The summed E-state index contributed by atoms with van der Waals surface area (Å²) in [4.78, 5) is 39.1. The van der Waals surface area contributed by atoms with E-state index < -0.39 is 0 Å². The van der Waals surface area contributed by atoms with Gasteiger partial charge in [-0.15, -0.1) is 0 Å². The van der Waals surface area contributed by atoms with E-state index in [1.54, 1.807) is 39.7 Å². The number of carbonyl (C=O) groups excluding carboxylic acids is 1. The molecular weight excluding hydrogens is 444 g/mol. The number of hydrogen-bond donors (Lipinski definition) is 1. The summed E-state index contributed by atoms with van der Waals surface area (Å²) in [6, 6.07) is 10.9. The number of benzene rings is 1. The number of aromatic nitrogens is 5. The van der Waals surface area contributed by atoms with Gasteiger partial charge in [0.15, 0.2) is 11.5 Å².